The molecule has 7 nitrogen and oxygen atoms in total. The molecule has 0 spiro atoms. The van der Waals surface area contributed by atoms with Crippen LogP contribution in [0.4, 0.5) is 5.69 Å². The van der Waals surface area contributed by atoms with E-state index >= 15 is 0 Å². The van der Waals surface area contributed by atoms with E-state index in [-0.39, 0.29) is 18.0 Å². The molecule has 0 saturated heterocycles. The molecular weight excluding hydrogens is 212 g/mol. The Bertz CT molecular complexity index is 425. The summed E-state index contributed by atoms with van der Waals surface area (Å²) >= 11 is 0. The van der Waals surface area contributed by atoms with Crippen molar-refractivity contribution in [3.05, 3.63) is 21.5 Å². The standard InChI is InChI=1S/C9H14N4O3/c1-6-9(13(15)16)7(2)12(11-6)5-4-8(14)10-3/h4-5H2,1-3H3,(H,10,14). The summed E-state index contributed by atoms with van der Waals surface area (Å²) in [4.78, 5) is 21.3. The highest BCUT2D eigenvalue weighted by atomic mass is 16.6. The second kappa shape index (κ2) is 4.73. The summed E-state index contributed by atoms with van der Waals surface area (Å²) in [7, 11) is 1.55. The molecule has 1 N–H and O–H groups in total. The fourth-order valence-corrected chi connectivity index (χ4v) is 1.50. The first-order chi connectivity index (χ1) is 7.47. The fraction of sp³-hybridized carbons (Fsp3) is 0.556. The molecular formula is C9H14N4O3. The third kappa shape index (κ3) is 2.36. The zero-order valence-corrected chi connectivity index (χ0v) is 9.48. The maximum absolute atomic E-state index is 11.0. The second-order valence-corrected chi connectivity index (χ2v) is 3.42. The minimum absolute atomic E-state index is 0.0249. The van der Waals surface area contributed by atoms with E-state index in [0.717, 1.165) is 0 Å². The Morgan fingerprint density at radius 1 is 1.56 bits per heavy atom. The van der Waals surface area contributed by atoms with Crippen molar-refractivity contribution in [2.75, 3.05) is 7.05 Å². The van der Waals surface area contributed by atoms with Crippen molar-refractivity contribution in [2.24, 2.45) is 0 Å². The first-order valence-corrected chi connectivity index (χ1v) is 4.86. The summed E-state index contributed by atoms with van der Waals surface area (Å²) in [6.45, 7) is 3.56. The molecule has 0 aliphatic carbocycles. The second-order valence-electron chi connectivity index (χ2n) is 3.42. The highest BCUT2D eigenvalue weighted by Crippen LogP contribution is 2.21. The Kier molecular flexibility index (Phi) is 3.60. The van der Waals surface area contributed by atoms with Crippen LogP contribution < -0.4 is 5.32 Å². The lowest BCUT2D eigenvalue weighted by Crippen LogP contribution is -2.20. The monoisotopic (exact) mass is 226 g/mol. The lowest BCUT2D eigenvalue weighted by atomic mass is 10.3. The number of hydrogen-bond acceptors (Lipinski definition) is 4. The van der Waals surface area contributed by atoms with Gasteiger partial charge in [0.2, 0.25) is 5.91 Å². The molecule has 0 aliphatic heterocycles. The first kappa shape index (κ1) is 12.2. The van der Waals surface area contributed by atoms with Crippen molar-refractivity contribution < 1.29 is 9.72 Å². The summed E-state index contributed by atoms with van der Waals surface area (Å²) in [5.74, 6) is -0.116. The lowest BCUT2D eigenvalue weighted by Gasteiger charge is -2.02. The van der Waals surface area contributed by atoms with Gasteiger partial charge in [0.15, 0.2) is 0 Å². The van der Waals surface area contributed by atoms with E-state index in [1.165, 1.54) is 4.68 Å². The van der Waals surface area contributed by atoms with Gasteiger partial charge in [-0.05, 0) is 13.8 Å². The summed E-state index contributed by atoms with van der Waals surface area (Å²) in [6, 6.07) is 0. The van der Waals surface area contributed by atoms with Gasteiger partial charge < -0.3 is 5.32 Å². The third-order valence-electron chi connectivity index (χ3n) is 2.36. The molecule has 0 fully saturated rings. The predicted molar refractivity (Wildman–Crippen MR) is 57.0 cm³/mol. The van der Waals surface area contributed by atoms with Crippen molar-refractivity contribution >= 4 is 11.6 Å². The molecule has 7 heteroatoms. The minimum Gasteiger partial charge on any atom is -0.359 e. The van der Waals surface area contributed by atoms with E-state index in [1.54, 1.807) is 20.9 Å². The van der Waals surface area contributed by atoms with Crippen molar-refractivity contribution in [3.8, 4) is 0 Å². The molecule has 0 saturated carbocycles. The Morgan fingerprint density at radius 2 is 2.19 bits per heavy atom. The SMILES string of the molecule is CNC(=O)CCn1nc(C)c([N+](=O)[O-])c1C. The summed E-state index contributed by atoms with van der Waals surface area (Å²) in [5.41, 5.74) is 0.878. The molecule has 0 radical (unpaired) electrons. The van der Waals surface area contributed by atoms with Crippen LogP contribution in [0.3, 0.4) is 0 Å². The number of carbonyl (C=O) groups is 1. The number of carbonyl (C=O) groups excluding carboxylic acids is 1. The molecule has 88 valence electrons. The van der Waals surface area contributed by atoms with Gasteiger partial charge in [-0.3, -0.25) is 19.6 Å². The van der Waals surface area contributed by atoms with E-state index in [0.29, 0.717) is 17.9 Å². The molecule has 0 aromatic carbocycles. The van der Waals surface area contributed by atoms with E-state index < -0.39 is 4.92 Å². The van der Waals surface area contributed by atoms with Gasteiger partial charge in [-0.15, -0.1) is 0 Å². The largest absolute Gasteiger partial charge is 0.359 e. The molecule has 1 rings (SSSR count). The normalized spacial score (nSPS) is 10.2. The van der Waals surface area contributed by atoms with Crippen LogP contribution in [0, 0.1) is 24.0 Å². The van der Waals surface area contributed by atoms with E-state index in [1.807, 2.05) is 0 Å². The van der Waals surface area contributed by atoms with Crippen molar-refractivity contribution in [3.63, 3.8) is 0 Å². The zero-order chi connectivity index (χ0) is 12.3. The lowest BCUT2D eigenvalue weighted by molar-refractivity contribution is -0.386. The van der Waals surface area contributed by atoms with Crippen molar-refractivity contribution in [2.45, 2.75) is 26.8 Å². The number of hydrogen-bond donors (Lipinski definition) is 1. The number of amides is 1. The Morgan fingerprint density at radius 3 is 2.62 bits per heavy atom. The highest BCUT2D eigenvalue weighted by molar-refractivity contribution is 5.75. The molecule has 1 aromatic heterocycles. The molecule has 0 atom stereocenters. The van der Waals surface area contributed by atoms with Crippen LogP contribution in [0.15, 0.2) is 0 Å². The minimum atomic E-state index is -0.450. The highest BCUT2D eigenvalue weighted by Gasteiger charge is 2.21. The maximum atomic E-state index is 11.0. The van der Waals surface area contributed by atoms with Crippen LogP contribution in [-0.2, 0) is 11.3 Å². The average molecular weight is 226 g/mol. The summed E-state index contributed by atoms with van der Waals surface area (Å²) < 4.78 is 1.49. The Hall–Kier alpha value is -1.92. The van der Waals surface area contributed by atoms with Crippen LogP contribution in [0.2, 0.25) is 0 Å². The van der Waals surface area contributed by atoms with Crippen LogP contribution in [0.5, 0.6) is 0 Å². The van der Waals surface area contributed by atoms with Crippen molar-refractivity contribution in [1.82, 2.24) is 15.1 Å². The van der Waals surface area contributed by atoms with E-state index in [9.17, 15) is 14.9 Å². The summed E-state index contributed by atoms with van der Waals surface area (Å²) in [5, 5.41) is 17.2. The van der Waals surface area contributed by atoms with Crippen LogP contribution in [0.25, 0.3) is 0 Å². The van der Waals surface area contributed by atoms with Crippen LogP contribution in [-0.4, -0.2) is 27.7 Å². The van der Waals surface area contributed by atoms with E-state index in [4.69, 9.17) is 0 Å². The van der Waals surface area contributed by atoms with Gasteiger partial charge in [0.05, 0.1) is 11.5 Å². The molecule has 0 aliphatic rings. The van der Waals surface area contributed by atoms with Gasteiger partial charge in [0.1, 0.15) is 11.4 Å². The van der Waals surface area contributed by atoms with Gasteiger partial charge in [-0.2, -0.15) is 5.10 Å². The zero-order valence-electron chi connectivity index (χ0n) is 9.48. The molecule has 0 bridgehead atoms. The Balaban J connectivity index is 2.87. The smallest absolute Gasteiger partial charge is 0.312 e. The van der Waals surface area contributed by atoms with Crippen LogP contribution in [0.1, 0.15) is 17.8 Å². The molecule has 1 aromatic rings. The molecule has 16 heavy (non-hydrogen) atoms. The quantitative estimate of drug-likeness (QED) is 0.599. The molecule has 1 amide bonds. The van der Waals surface area contributed by atoms with Gasteiger partial charge in [-0.1, -0.05) is 0 Å². The number of aromatic nitrogens is 2. The van der Waals surface area contributed by atoms with Crippen molar-refractivity contribution in [1.29, 1.82) is 0 Å². The Labute approximate surface area is 92.6 Å². The third-order valence-corrected chi connectivity index (χ3v) is 2.36. The topological polar surface area (TPSA) is 90.1 Å². The predicted octanol–water partition coefficient (Wildman–Crippen LogP) is 0.544. The fourth-order valence-electron chi connectivity index (χ4n) is 1.50. The summed E-state index contributed by atoms with van der Waals surface area (Å²) in [6.07, 6.45) is 0.260. The van der Waals surface area contributed by atoms with Crippen LogP contribution >= 0.6 is 0 Å². The van der Waals surface area contributed by atoms with E-state index in [2.05, 4.69) is 10.4 Å². The number of nitrogens with one attached hydrogen (secondary N) is 1. The van der Waals surface area contributed by atoms with Gasteiger partial charge in [0.25, 0.3) is 0 Å². The van der Waals surface area contributed by atoms with Gasteiger partial charge in [-0.25, -0.2) is 0 Å². The number of aryl methyl sites for hydroxylation is 2. The first-order valence-electron chi connectivity index (χ1n) is 4.86. The number of nitrogens with zero attached hydrogens (tertiary/aromatic N) is 3. The van der Waals surface area contributed by atoms with Gasteiger partial charge in [0, 0.05) is 13.5 Å². The molecule has 1 heterocycles. The number of nitro groups is 1. The average Bonchev–Trinajstić information content (AvgIpc) is 2.50. The maximum Gasteiger partial charge on any atom is 0.312 e. The molecule has 0 unspecified atom stereocenters. The number of rotatable bonds is 4. The van der Waals surface area contributed by atoms with Gasteiger partial charge >= 0.3 is 5.69 Å².